The van der Waals surface area contributed by atoms with Crippen LogP contribution in [0.25, 0.3) is 10.6 Å². The summed E-state index contributed by atoms with van der Waals surface area (Å²) in [6, 6.07) is 16.9. The molecule has 1 aromatic heterocycles. The fourth-order valence-corrected chi connectivity index (χ4v) is 3.45. The minimum Gasteiger partial charge on any atom is -0.492 e. The lowest BCUT2D eigenvalue weighted by atomic mass is 10.2. The molecule has 6 nitrogen and oxygen atoms in total. The summed E-state index contributed by atoms with van der Waals surface area (Å²) in [6.07, 6.45) is -0.930. The molecule has 150 valence electrons. The minimum atomic E-state index is -0.940. The highest BCUT2D eigenvalue weighted by molar-refractivity contribution is 7.13. The van der Waals surface area contributed by atoms with Gasteiger partial charge in [0.1, 0.15) is 10.8 Å². The summed E-state index contributed by atoms with van der Waals surface area (Å²) >= 11 is 1.47. The van der Waals surface area contributed by atoms with E-state index in [1.54, 1.807) is 18.2 Å². The number of hydrogen-bond donors (Lipinski definition) is 1. The van der Waals surface area contributed by atoms with Crippen molar-refractivity contribution in [2.45, 2.75) is 26.4 Å². The van der Waals surface area contributed by atoms with E-state index in [0.717, 1.165) is 10.6 Å². The number of ether oxygens (including phenoxy) is 2. The molecule has 2 aromatic carbocycles. The summed E-state index contributed by atoms with van der Waals surface area (Å²) in [5.74, 6) is -0.359. The third-order valence-corrected chi connectivity index (χ3v) is 4.96. The van der Waals surface area contributed by atoms with Gasteiger partial charge in [-0.3, -0.25) is 9.59 Å². The average molecular weight is 410 g/mol. The lowest BCUT2D eigenvalue weighted by Crippen LogP contribution is -2.30. The third-order valence-electron chi connectivity index (χ3n) is 4.02. The van der Waals surface area contributed by atoms with Crippen LogP contribution in [0.15, 0.2) is 60.0 Å². The number of aromatic nitrogens is 1. The standard InChI is InChI=1S/C22H22N2O4S/c1-3-27-19-12-8-7-11-18(19)24-21(26)15(2)28-20(25)13-17-14-29-22(23-17)16-9-5-4-6-10-16/h4-12,14-15H,3,13H2,1-2H3,(H,24,26). The number of carbonyl (C=O) groups is 2. The van der Waals surface area contributed by atoms with Gasteiger partial charge in [0.15, 0.2) is 6.10 Å². The van der Waals surface area contributed by atoms with Gasteiger partial charge in [0.2, 0.25) is 0 Å². The number of rotatable bonds is 8. The molecular weight excluding hydrogens is 388 g/mol. The van der Waals surface area contributed by atoms with E-state index in [4.69, 9.17) is 9.47 Å². The summed E-state index contributed by atoms with van der Waals surface area (Å²) in [5, 5.41) is 5.40. The van der Waals surface area contributed by atoms with Gasteiger partial charge >= 0.3 is 5.97 Å². The molecule has 1 N–H and O–H groups in total. The second-order valence-electron chi connectivity index (χ2n) is 6.24. The first kappa shape index (κ1) is 20.5. The van der Waals surface area contributed by atoms with Gasteiger partial charge in [0.25, 0.3) is 5.91 Å². The molecule has 0 bridgehead atoms. The summed E-state index contributed by atoms with van der Waals surface area (Å²) in [5.41, 5.74) is 2.15. The maximum absolute atomic E-state index is 12.4. The zero-order chi connectivity index (χ0) is 20.6. The lowest BCUT2D eigenvalue weighted by molar-refractivity contribution is -0.152. The van der Waals surface area contributed by atoms with Gasteiger partial charge in [-0.25, -0.2) is 4.98 Å². The summed E-state index contributed by atoms with van der Waals surface area (Å²) < 4.78 is 10.8. The molecule has 0 aliphatic carbocycles. The van der Waals surface area contributed by atoms with Crippen molar-refractivity contribution in [1.29, 1.82) is 0 Å². The van der Waals surface area contributed by atoms with Crippen LogP contribution in [-0.2, 0) is 20.7 Å². The largest absolute Gasteiger partial charge is 0.492 e. The molecule has 0 fully saturated rings. The first-order valence-corrected chi connectivity index (χ1v) is 10.2. The van der Waals surface area contributed by atoms with Gasteiger partial charge in [-0.1, -0.05) is 42.5 Å². The first-order valence-electron chi connectivity index (χ1n) is 9.28. The van der Waals surface area contributed by atoms with Gasteiger partial charge in [-0.15, -0.1) is 11.3 Å². The molecule has 7 heteroatoms. The number of benzene rings is 2. The first-order chi connectivity index (χ1) is 14.1. The van der Waals surface area contributed by atoms with Gasteiger partial charge in [-0.05, 0) is 26.0 Å². The van der Waals surface area contributed by atoms with Crippen molar-refractivity contribution in [3.63, 3.8) is 0 Å². The van der Waals surface area contributed by atoms with E-state index in [0.29, 0.717) is 23.7 Å². The molecule has 0 saturated carbocycles. The molecule has 1 atom stereocenters. The van der Waals surface area contributed by atoms with Crippen molar-refractivity contribution in [3.8, 4) is 16.3 Å². The molecule has 0 radical (unpaired) electrons. The number of thiazole rings is 1. The van der Waals surface area contributed by atoms with Gasteiger partial charge in [0.05, 0.1) is 24.4 Å². The Morgan fingerprint density at radius 3 is 2.59 bits per heavy atom. The molecule has 3 rings (SSSR count). The molecule has 1 unspecified atom stereocenters. The van der Waals surface area contributed by atoms with Crippen LogP contribution in [0.2, 0.25) is 0 Å². The summed E-state index contributed by atoms with van der Waals surface area (Å²) in [4.78, 5) is 29.1. The number of nitrogens with one attached hydrogen (secondary N) is 1. The Morgan fingerprint density at radius 2 is 1.83 bits per heavy atom. The van der Waals surface area contributed by atoms with Crippen LogP contribution in [0.3, 0.4) is 0 Å². The number of esters is 1. The van der Waals surface area contributed by atoms with Crippen molar-refractivity contribution < 1.29 is 19.1 Å². The number of hydrogen-bond acceptors (Lipinski definition) is 6. The van der Waals surface area contributed by atoms with Crippen LogP contribution < -0.4 is 10.1 Å². The smallest absolute Gasteiger partial charge is 0.312 e. The molecule has 0 aliphatic rings. The minimum absolute atomic E-state index is 0.0104. The highest BCUT2D eigenvalue weighted by Gasteiger charge is 2.20. The number of anilines is 1. The topological polar surface area (TPSA) is 77.5 Å². The lowest BCUT2D eigenvalue weighted by Gasteiger charge is -2.15. The van der Waals surface area contributed by atoms with Gasteiger partial charge in [0, 0.05) is 10.9 Å². The highest BCUT2D eigenvalue weighted by atomic mass is 32.1. The Labute approximate surface area is 173 Å². The van der Waals surface area contributed by atoms with Crippen LogP contribution in [-0.4, -0.2) is 29.6 Å². The zero-order valence-corrected chi connectivity index (χ0v) is 17.1. The van der Waals surface area contributed by atoms with Crippen molar-refractivity contribution in [2.24, 2.45) is 0 Å². The van der Waals surface area contributed by atoms with E-state index in [1.165, 1.54) is 18.3 Å². The van der Waals surface area contributed by atoms with Crippen LogP contribution >= 0.6 is 11.3 Å². The van der Waals surface area contributed by atoms with E-state index >= 15 is 0 Å². The summed E-state index contributed by atoms with van der Waals surface area (Å²) in [6.45, 7) is 3.88. The SMILES string of the molecule is CCOc1ccccc1NC(=O)C(C)OC(=O)Cc1csc(-c2ccccc2)n1. The Kier molecular flexibility index (Phi) is 6.97. The predicted molar refractivity (Wildman–Crippen MR) is 113 cm³/mol. The average Bonchev–Trinajstić information content (AvgIpc) is 3.18. The highest BCUT2D eigenvalue weighted by Crippen LogP contribution is 2.25. The van der Waals surface area contributed by atoms with Crippen molar-refractivity contribution >= 4 is 28.9 Å². The monoisotopic (exact) mass is 410 g/mol. The fraction of sp³-hybridized carbons (Fsp3) is 0.227. The predicted octanol–water partition coefficient (Wildman–Crippen LogP) is 4.32. The molecule has 1 amide bonds. The van der Waals surface area contributed by atoms with Gasteiger partial charge in [-0.2, -0.15) is 0 Å². The third kappa shape index (κ3) is 5.65. The van der Waals surface area contributed by atoms with Crippen LogP contribution in [0.4, 0.5) is 5.69 Å². The molecule has 1 heterocycles. The molecule has 29 heavy (non-hydrogen) atoms. The van der Waals surface area contributed by atoms with Crippen molar-refractivity contribution in [1.82, 2.24) is 4.98 Å². The normalized spacial score (nSPS) is 11.5. The number of para-hydroxylation sites is 2. The van der Waals surface area contributed by atoms with Crippen LogP contribution in [0.1, 0.15) is 19.5 Å². The number of carbonyl (C=O) groups excluding carboxylic acids is 2. The van der Waals surface area contributed by atoms with Crippen molar-refractivity contribution in [2.75, 3.05) is 11.9 Å². The molecule has 3 aromatic rings. The second kappa shape index (κ2) is 9.84. The Morgan fingerprint density at radius 1 is 1.10 bits per heavy atom. The number of nitrogens with zero attached hydrogens (tertiary/aromatic N) is 1. The van der Waals surface area contributed by atoms with Crippen LogP contribution in [0, 0.1) is 0 Å². The van der Waals surface area contributed by atoms with Crippen LogP contribution in [0.5, 0.6) is 5.75 Å². The fourth-order valence-electron chi connectivity index (χ4n) is 2.63. The second-order valence-corrected chi connectivity index (χ2v) is 7.10. The summed E-state index contributed by atoms with van der Waals surface area (Å²) in [7, 11) is 0. The van der Waals surface area contributed by atoms with Crippen molar-refractivity contribution in [3.05, 3.63) is 65.7 Å². The Balaban J connectivity index is 1.55. The van der Waals surface area contributed by atoms with E-state index in [1.807, 2.05) is 48.7 Å². The molecule has 0 spiro atoms. The number of amides is 1. The van der Waals surface area contributed by atoms with E-state index in [2.05, 4.69) is 10.3 Å². The molecule has 0 aliphatic heterocycles. The quantitative estimate of drug-likeness (QED) is 0.560. The maximum Gasteiger partial charge on any atom is 0.312 e. The zero-order valence-electron chi connectivity index (χ0n) is 16.3. The van der Waals surface area contributed by atoms with E-state index in [-0.39, 0.29) is 6.42 Å². The van der Waals surface area contributed by atoms with Gasteiger partial charge < -0.3 is 14.8 Å². The Hall–Kier alpha value is -3.19. The van der Waals surface area contributed by atoms with E-state index < -0.39 is 18.0 Å². The maximum atomic E-state index is 12.4. The molecule has 0 saturated heterocycles. The molecular formula is C22H22N2O4S. The van der Waals surface area contributed by atoms with E-state index in [9.17, 15) is 9.59 Å². The Bertz CT molecular complexity index is 972.